The van der Waals surface area contributed by atoms with E-state index in [4.69, 9.17) is 0 Å². The molecular formula is C16H8F4N2O. The molecular weight excluding hydrogens is 312 g/mol. The first-order valence-electron chi connectivity index (χ1n) is 6.57. The Labute approximate surface area is 128 Å². The molecule has 0 N–H and O–H groups in total. The van der Waals surface area contributed by atoms with Crippen LogP contribution in [0, 0.1) is 34.6 Å². The van der Waals surface area contributed by atoms with Crippen LogP contribution in [0.2, 0.25) is 0 Å². The molecule has 1 amide bonds. The summed E-state index contributed by atoms with van der Waals surface area (Å²) in [5.74, 6) is -6.48. The fourth-order valence-corrected chi connectivity index (χ4v) is 2.59. The molecule has 0 bridgehead atoms. The normalized spacial score (nSPS) is 16.4. The number of rotatable bonds is 2. The smallest absolute Gasteiger partial charge is 0.258 e. The van der Waals surface area contributed by atoms with Crippen LogP contribution in [0.25, 0.3) is 0 Å². The van der Waals surface area contributed by atoms with Crippen LogP contribution in [-0.2, 0) is 6.54 Å². The lowest BCUT2D eigenvalue weighted by Gasteiger charge is -2.20. The summed E-state index contributed by atoms with van der Waals surface area (Å²) in [5.41, 5.74) is -0.840. The maximum absolute atomic E-state index is 13.9. The highest BCUT2D eigenvalue weighted by atomic mass is 19.2. The SMILES string of the molecule is N#CC1c2cc(F)c(F)c(F)c2C(=O)N1Cc1ccccc1F. The summed E-state index contributed by atoms with van der Waals surface area (Å²) in [6, 6.07) is 6.61. The van der Waals surface area contributed by atoms with Crippen LogP contribution >= 0.6 is 0 Å². The maximum atomic E-state index is 13.9. The van der Waals surface area contributed by atoms with Crippen molar-refractivity contribution >= 4 is 5.91 Å². The van der Waals surface area contributed by atoms with Gasteiger partial charge >= 0.3 is 0 Å². The molecule has 1 aliphatic rings. The van der Waals surface area contributed by atoms with Crippen molar-refractivity contribution < 1.29 is 22.4 Å². The van der Waals surface area contributed by atoms with E-state index in [1.54, 1.807) is 6.07 Å². The van der Waals surface area contributed by atoms with Crippen molar-refractivity contribution in [1.29, 1.82) is 5.26 Å². The zero-order valence-corrected chi connectivity index (χ0v) is 11.5. The highest BCUT2D eigenvalue weighted by Crippen LogP contribution is 2.37. The van der Waals surface area contributed by atoms with Gasteiger partial charge in [0.15, 0.2) is 17.5 Å². The molecule has 1 heterocycles. The van der Waals surface area contributed by atoms with Gasteiger partial charge in [0.2, 0.25) is 0 Å². The monoisotopic (exact) mass is 320 g/mol. The number of carbonyl (C=O) groups is 1. The molecule has 2 aromatic rings. The zero-order chi connectivity index (χ0) is 16.7. The van der Waals surface area contributed by atoms with Gasteiger partial charge in [-0.3, -0.25) is 4.79 Å². The van der Waals surface area contributed by atoms with Gasteiger partial charge in [-0.1, -0.05) is 18.2 Å². The molecule has 3 nitrogen and oxygen atoms in total. The molecule has 1 aliphatic heterocycles. The Hall–Kier alpha value is -2.88. The van der Waals surface area contributed by atoms with Crippen molar-refractivity contribution in [1.82, 2.24) is 4.90 Å². The average molecular weight is 320 g/mol. The van der Waals surface area contributed by atoms with Crippen molar-refractivity contribution in [2.45, 2.75) is 12.6 Å². The molecule has 7 heteroatoms. The molecule has 116 valence electrons. The largest absolute Gasteiger partial charge is 0.314 e. The summed E-state index contributed by atoms with van der Waals surface area (Å²) in [7, 11) is 0. The van der Waals surface area contributed by atoms with E-state index < -0.39 is 40.8 Å². The second kappa shape index (κ2) is 5.39. The van der Waals surface area contributed by atoms with Crippen LogP contribution in [-0.4, -0.2) is 10.8 Å². The Morgan fingerprint density at radius 1 is 1.09 bits per heavy atom. The van der Waals surface area contributed by atoms with Crippen molar-refractivity contribution in [3.8, 4) is 6.07 Å². The summed E-state index contributed by atoms with van der Waals surface area (Å²) in [6.45, 7) is -0.318. The Balaban J connectivity index is 2.08. The number of benzene rings is 2. The molecule has 0 radical (unpaired) electrons. The molecule has 0 spiro atoms. The van der Waals surface area contributed by atoms with E-state index in [1.807, 2.05) is 0 Å². The van der Waals surface area contributed by atoms with Crippen molar-refractivity contribution in [3.05, 3.63) is 70.3 Å². The third kappa shape index (κ3) is 2.23. The number of nitriles is 1. The fraction of sp³-hybridized carbons (Fsp3) is 0.125. The number of amides is 1. The minimum Gasteiger partial charge on any atom is -0.314 e. The first-order valence-corrected chi connectivity index (χ1v) is 6.57. The highest BCUT2D eigenvalue weighted by Gasteiger charge is 2.41. The minimum atomic E-state index is -1.78. The van der Waals surface area contributed by atoms with E-state index in [-0.39, 0.29) is 17.7 Å². The molecule has 23 heavy (non-hydrogen) atoms. The van der Waals surface area contributed by atoms with Crippen LogP contribution in [0.3, 0.4) is 0 Å². The van der Waals surface area contributed by atoms with Gasteiger partial charge < -0.3 is 4.90 Å². The summed E-state index contributed by atoms with van der Waals surface area (Å²) >= 11 is 0. The van der Waals surface area contributed by atoms with Crippen LogP contribution in [0.1, 0.15) is 27.5 Å². The van der Waals surface area contributed by atoms with Gasteiger partial charge in [0.1, 0.15) is 11.9 Å². The van der Waals surface area contributed by atoms with Crippen molar-refractivity contribution in [3.63, 3.8) is 0 Å². The quantitative estimate of drug-likeness (QED) is 0.628. The molecule has 0 saturated carbocycles. The Morgan fingerprint density at radius 3 is 2.43 bits per heavy atom. The van der Waals surface area contributed by atoms with Crippen LogP contribution < -0.4 is 0 Å². The van der Waals surface area contributed by atoms with Gasteiger partial charge in [0, 0.05) is 11.1 Å². The van der Waals surface area contributed by atoms with E-state index >= 15 is 0 Å². The van der Waals surface area contributed by atoms with E-state index in [9.17, 15) is 27.6 Å². The topological polar surface area (TPSA) is 44.1 Å². The summed E-state index contributed by atoms with van der Waals surface area (Å²) < 4.78 is 54.3. The van der Waals surface area contributed by atoms with Gasteiger partial charge in [0.05, 0.1) is 18.2 Å². The molecule has 0 saturated heterocycles. The summed E-state index contributed by atoms with van der Waals surface area (Å²) in [4.78, 5) is 13.2. The molecule has 0 aromatic heterocycles. The van der Waals surface area contributed by atoms with E-state index in [1.165, 1.54) is 24.3 Å². The fourth-order valence-electron chi connectivity index (χ4n) is 2.59. The van der Waals surface area contributed by atoms with Gasteiger partial charge in [0.25, 0.3) is 5.91 Å². The van der Waals surface area contributed by atoms with Crippen molar-refractivity contribution in [2.24, 2.45) is 0 Å². The third-order valence-electron chi connectivity index (χ3n) is 3.69. The second-order valence-corrected chi connectivity index (χ2v) is 5.01. The first-order chi connectivity index (χ1) is 11.0. The number of hydrogen-bond acceptors (Lipinski definition) is 2. The maximum Gasteiger partial charge on any atom is 0.258 e. The minimum absolute atomic E-state index is 0.107. The summed E-state index contributed by atoms with van der Waals surface area (Å²) in [5, 5.41) is 9.22. The standard InChI is InChI=1S/C16H8F4N2O/c17-10-4-2-1-3-8(10)7-22-12(6-21)9-5-11(18)14(19)15(20)13(9)16(22)23/h1-5,12H,7H2. The predicted octanol–water partition coefficient (Wildman–Crippen LogP) is 3.46. The van der Waals surface area contributed by atoms with E-state index in [0.717, 1.165) is 4.90 Å². The Morgan fingerprint density at radius 2 is 1.78 bits per heavy atom. The Bertz CT molecular complexity index is 860. The number of fused-ring (bicyclic) bond motifs is 1. The second-order valence-electron chi connectivity index (χ2n) is 5.01. The van der Waals surface area contributed by atoms with E-state index in [0.29, 0.717) is 6.07 Å². The van der Waals surface area contributed by atoms with Gasteiger partial charge in [-0.05, 0) is 12.1 Å². The lowest BCUT2D eigenvalue weighted by Crippen LogP contribution is -2.27. The first kappa shape index (κ1) is 15.0. The summed E-state index contributed by atoms with van der Waals surface area (Å²) in [6.07, 6.45) is 0. The lowest BCUT2D eigenvalue weighted by molar-refractivity contribution is 0.0739. The number of nitrogens with zero attached hydrogens (tertiary/aromatic N) is 2. The predicted molar refractivity (Wildman–Crippen MR) is 70.9 cm³/mol. The van der Waals surface area contributed by atoms with E-state index in [2.05, 4.69) is 0 Å². The Kier molecular flexibility index (Phi) is 3.52. The highest BCUT2D eigenvalue weighted by molar-refractivity contribution is 6.00. The molecule has 0 fully saturated rings. The molecule has 0 aliphatic carbocycles. The number of halogens is 4. The van der Waals surface area contributed by atoms with Crippen LogP contribution in [0.4, 0.5) is 17.6 Å². The van der Waals surface area contributed by atoms with Gasteiger partial charge in [-0.2, -0.15) is 5.26 Å². The third-order valence-corrected chi connectivity index (χ3v) is 3.69. The molecule has 1 atom stereocenters. The molecule has 1 unspecified atom stereocenters. The van der Waals surface area contributed by atoms with Crippen LogP contribution in [0.15, 0.2) is 30.3 Å². The lowest BCUT2D eigenvalue weighted by atomic mass is 10.0. The zero-order valence-electron chi connectivity index (χ0n) is 11.5. The number of carbonyl (C=O) groups excluding carboxylic acids is 1. The van der Waals surface area contributed by atoms with Gasteiger partial charge in [-0.25, -0.2) is 17.6 Å². The van der Waals surface area contributed by atoms with Crippen LogP contribution in [0.5, 0.6) is 0 Å². The van der Waals surface area contributed by atoms with Gasteiger partial charge in [-0.15, -0.1) is 0 Å². The van der Waals surface area contributed by atoms with Crippen molar-refractivity contribution in [2.75, 3.05) is 0 Å². The average Bonchev–Trinajstić information content (AvgIpc) is 2.79. The number of hydrogen-bond donors (Lipinski definition) is 0. The molecule has 2 aromatic carbocycles. The molecule has 3 rings (SSSR count).